The van der Waals surface area contributed by atoms with Crippen molar-refractivity contribution < 1.29 is 14.3 Å². The number of benzene rings is 1. The molecule has 1 saturated heterocycles. The molecule has 1 heterocycles. The number of hydrogen-bond donors (Lipinski definition) is 1. The van der Waals surface area contributed by atoms with E-state index in [0.717, 1.165) is 54.2 Å². The Morgan fingerprint density at radius 3 is 2.69 bits per heavy atom. The van der Waals surface area contributed by atoms with Gasteiger partial charge in [0.1, 0.15) is 5.75 Å². The molecule has 0 spiro atoms. The van der Waals surface area contributed by atoms with Gasteiger partial charge in [-0.05, 0) is 44.9 Å². The van der Waals surface area contributed by atoms with Crippen LogP contribution in [0.3, 0.4) is 0 Å². The van der Waals surface area contributed by atoms with Crippen molar-refractivity contribution in [2.45, 2.75) is 33.2 Å². The first-order chi connectivity index (χ1) is 12.6. The molecule has 0 unspecified atom stereocenters. The number of aliphatic imine (C=N–C) groups is 1. The largest absolute Gasteiger partial charge is 0.496 e. The zero-order valence-corrected chi connectivity index (χ0v) is 17.3. The first-order valence-electron chi connectivity index (χ1n) is 9.11. The Bertz CT molecular complexity index is 628. The number of esters is 1. The third kappa shape index (κ3) is 5.62. The van der Waals surface area contributed by atoms with Gasteiger partial charge in [0, 0.05) is 29.7 Å². The molecule has 0 aromatic heterocycles. The molecule has 0 radical (unpaired) electrons. The maximum atomic E-state index is 11.9. The van der Waals surface area contributed by atoms with Gasteiger partial charge in [0.05, 0.1) is 26.2 Å². The summed E-state index contributed by atoms with van der Waals surface area (Å²) in [5.41, 5.74) is 1.03. The Balaban J connectivity index is 2.04. The summed E-state index contributed by atoms with van der Waals surface area (Å²) < 4.78 is 11.6. The highest BCUT2D eigenvalue weighted by atomic mass is 79.9. The summed E-state index contributed by atoms with van der Waals surface area (Å²) in [6, 6.07) is 5.92. The average Bonchev–Trinajstić information content (AvgIpc) is 2.65. The van der Waals surface area contributed by atoms with Crippen LogP contribution >= 0.6 is 15.9 Å². The summed E-state index contributed by atoms with van der Waals surface area (Å²) in [6.45, 7) is 7.27. The number of carbonyl (C=O) groups is 1. The molecule has 1 aromatic carbocycles. The van der Waals surface area contributed by atoms with E-state index in [4.69, 9.17) is 14.5 Å². The minimum Gasteiger partial charge on any atom is -0.496 e. The molecule has 1 aromatic rings. The zero-order valence-electron chi connectivity index (χ0n) is 15.8. The van der Waals surface area contributed by atoms with Crippen LogP contribution in [0, 0.1) is 5.92 Å². The molecule has 1 fully saturated rings. The molecule has 7 heteroatoms. The molecule has 1 N–H and O–H groups in total. The fraction of sp³-hybridized carbons (Fsp3) is 0.579. The number of piperidine rings is 1. The fourth-order valence-corrected chi connectivity index (χ4v) is 3.45. The maximum absolute atomic E-state index is 11.9. The molecule has 0 bridgehead atoms. The second kappa shape index (κ2) is 10.4. The summed E-state index contributed by atoms with van der Waals surface area (Å²) in [5, 5.41) is 3.35. The van der Waals surface area contributed by atoms with E-state index in [2.05, 4.69) is 33.1 Å². The minimum absolute atomic E-state index is 0.000695. The smallest absolute Gasteiger partial charge is 0.309 e. The third-order valence-electron chi connectivity index (χ3n) is 4.39. The number of likely N-dealkylation sites (tertiary alicyclic amines) is 1. The number of rotatable bonds is 6. The quantitative estimate of drug-likeness (QED) is 0.430. The van der Waals surface area contributed by atoms with Gasteiger partial charge in [0.2, 0.25) is 0 Å². The Labute approximate surface area is 164 Å². The van der Waals surface area contributed by atoms with Gasteiger partial charge in [-0.1, -0.05) is 15.9 Å². The van der Waals surface area contributed by atoms with Gasteiger partial charge in [-0.15, -0.1) is 0 Å². The van der Waals surface area contributed by atoms with Gasteiger partial charge in [-0.3, -0.25) is 4.79 Å². The molecular formula is C19H28BrN3O3. The van der Waals surface area contributed by atoms with E-state index in [1.165, 1.54) is 0 Å². The van der Waals surface area contributed by atoms with E-state index < -0.39 is 0 Å². The van der Waals surface area contributed by atoms with Crippen molar-refractivity contribution in [2.24, 2.45) is 10.9 Å². The van der Waals surface area contributed by atoms with Crippen LogP contribution in [0.5, 0.6) is 5.75 Å². The minimum atomic E-state index is -0.0760. The highest BCUT2D eigenvalue weighted by molar-refractivity contribution is 9.10. The number of ether oxygens (including phenoxy) is 2. The Hall–Kier alpha value is -1.76. The lowest BCUT2D eigenvalue weighted by Gasteiger charge is -2.33. The molecule has 0 amide bonds. The van der Waals surface area contributed by atoms with Crippen molar-refractivity contribution in [1.82, 2.24) is 10.2 Å². The predicted molar refractivity (Wildman–Crippen MR) is 106 cm³/mol. The number of nitrogens with one attached hydrogen (secondary N) is 1. The maximum Gasteiger partial charge on any atom is 0.309 e. The third-order valence-corrected chi connectivity index (χ3v) is 4.88. The number of methoxy groups -OCH3 is 1. The average molecular weight is 426 g/mol. The summed E-state index contributed by atoms with van der Waals surface area (Å²) in [4.78, 5) is 18.9. The second-order valence-electron chi connectivity index (χ2n) is 6.14. The van der Waals surface area contributed by atoms with E-state index >= 15 is 0 Å². The van der Waals surface area contributed by atoms with Gasteiger partial charge in [0.25, 0.3) is 0 Å². The van der Waals surface area contributed by atoms with E-state index in [1.54, 1.807) is 7.11 Å². The monoisotopic (exact) mass is 425 g/mol. The van der Waals surface area contributed by atoms with Crippen LogP contribution in [0.1, 0.15) is 32.3 Å². The number of guanidine groups is 1. The van der Waals surface area contributed by atoms with Gasteiger partial charge >= 0.3 is 5.97 Å². The Morgan fingerprint density at radius 1 is 1.35 bits per heavy atom. The standard InChI is InChI=1S/C19H28BrN3O3/c1-4-21-19(22-13-15-12-16(20)6-7-17(15)25-3)23-10-8-14(9-11-23)18(24)26-5-2/h6-7,12,14H,4-5,8-11,13H2,1-3H3,(H,21,22). The van der Waals surface area contributed by atoms with Crippen LogP contribution < -0.4 is 10.1 Å². The highest BCUT2D eigenvalue weighted by Crippen LogP contribution is 2.24. The molecule has 0 atom stereocenters. The van der Waals surface area contributed by atoms with Crippen LogP contribution in [0.25, 0.3) is 0 Å². The van der Waals surface area contributed by atoms with Gasteiger partial charge in [-0.2, -0.15) is 0 Å². The predicted octanol–water partition coefficient (Wildman–Crippen LogP) is 3.20. The number of halogens is 1. The SMILES string of the molecule is CCNC(=NCc1cc(Br)ccc1OC)N1CCC(C(=O)OCC)CC1. The Kier molecular flexibility index (Phi) is 8.22. The number of hydrogen-bond acceptors (Lipinski definition) is 4. The molecule has 26 heavy (non-hydrogen) atoms. The zero-order chi connectivity index (χ0) is 18.9. The second-order valence-corrected chi connectivity index (χ2v) is 7.06. The molecule has 0 aliphatic carbocycles. The lowest BCUT2D eigenvalue weighted by atomic mass is 9.97. The van der Waals surface area contributed by atoms with Gasteiger partial charge in [0.15, 0.2) is 5.96 Å². The summed E-state index contributed by atoms with van der Waals surface area (Å²) in [7, 11) is 1.67. The molecule has 1 aliphatic heterocycles. The molecule has 0 saturated carbocycles. The number of nitrogens with zero attached hydrogens (tertiary/aromatic N) is 2. The van der Waals surface area contributed by atoms with Crippen molar-refractivity contribution in [3.63, 3.8) is 0 Å². The molecular weight excluding hydrogens is 398 g/mol. The fourth-order valence-electron chi connectivity index (χ4n) is 3.04. The topological polar surface area (TPSA) is 63.2 Å². The Morgan fingerprint density at radius 2 is 2.08 bits per heavy atom. The van der Waals surface area contributed by atoms with Gasteiger partial charge < -0.3 is 19.7 Å². The van der Waals surface area contributed by atoms with E-state index in [0.29, 0.717) is 13.2 Å². The van der Waals surface area contributed by atoms with Crippen LogP contribution in [0.4, 0.5) is 0 Å². The first-order valence-corrected chi connectivity index (χ1v) is 9.90. The molecule has 144 valence electrons. The molecule has 1 aliphatic rings. The van der Waals surface area contributed by atoms with Crippen LogP contribution in [-0.4, -0.2) is 50.2 Å². The summed E-state index contributed by atoms with van der Waals surface area (Å²) >= 11 is 3.50. The van der Waals surface area contributed by atoms with E-state index in [-0.39, 0.29) is 11.9 Å². The molecule has 6 nitrogen and oxygen atoms in total. The number of carbonyl (C=O) groups excluding carboxylic acids is 1. The van der Waals surface area contributed by atoms with Gasteiger partial charge in [-0.25, -0.2) is 4.99 Å². The van der Waals surface area contributed by atoms with Crippen molar-refractivity contribution in [1.29, 1.82) is 0 Å². The summed E-state index contributed by atoms with van der Waals surface area (Å²) in [5.74, 6) is 1.62. The van der Waals surface area contributed by atoms with Crippen molar-refractivity contribution in [2.75, 3.05) is 33.4 Å². The lowest BCUT2D eigenvalue weighted by molar-refractivity contribution is -0.149. The van der Waals surface area contributed by atoms with Crippen molar-refractivity contribution in [3.8, 4) is 5.75 Å². The first kappa shape index (κ1) is 20.6. The van der Waals surface area contributed by atoms with Crippen LogP contribution in [-0.2, 0) is 16.1 Å². The van der Waals surface area contributed by atoms with Crippen LogP contribution in [0.15, 0.2) is 27.7 Å². The lowest BCUT2D eigenvalue weighted by Crippen LogP contribution is -2.46. The molecule has 2 rings (SSSR count). The van der Waals surface area contributed by atoms with Crippen LogP contribution in [0.2, 0.25) is 0 Å². The normalized spacial score (nSPS) is 15.7. The van der Waals surface area contributed by atoms with Crippen molar-refractivity contribution in [3.05, 3.63) is 28.2 Å². The summed E-state index contributed by atoms with van der Waals surface area (Å²) in [6.07, 6.45) is 1.59. The van der Waals surface area contributed by atoms with Crippen molar-refractivity contribution >= 4 is 27.9 Å². The van der Waals surface area contributed by atoms with E-state index in [1.807, 2.05) is 25.1 Å². The highest BCUT2D eigenvalue weighted by Gasteiger charge is 2.27. The van der Waals surface area contributed by atoms with E-state index in [9.17, 15) is 4.79 Å².